The standard InChI is InChI=1S/C20H26N4O2/c1-15(24-12-18(21-22-24)20(2)13-26-14-20)19(25)23-11-7-6-10-17(23)16-8-4-3-5-9-16/h3-5,8-9,12,15,17H,6-7,10-11,13-14H2,1-2H3. The Labute approximate surface area is 154 Å². The highest BCUT2D eigenvalue weighted by atomic mass is 16.5. The molecule has 0 bridgehead atoms. The second kappa shape index (κ2) is 6.83. The first-order valence-corrected chi connectivity index (χ1v) is 9.44. The van der Waals surface area contributed by atoms with Crippen LogP contribution >= 0.6 is 0 Å². The topological polar surface area (TPSA) is 60.2 Å². The fourth-order valence-corrected chi connectivity index (χ4v) is 3.87. The van der Waals surface area contributed by atoms with E-state index in [-0.39, 0.29) is 23.4 Å². The van der Waals surface area contributed by atoms with Crippen LogP contribution in [0.25, 0.3) is 0 Å². The largest absolute Gasteiger partial charge is 0.379 e. The lowest BCUT2D eigenvalue weighted by atomic mass is 9.85. The van der Waals surface area contributed by atoms with E-state index in [2.05, 4.69) is 29.4 Å². The summed E-state index contributed by atoms with van der Waals surface area (Å²) in [6.45, 7) is 6.16. The van der Waals surface area contributed by atoms with Crippen molar-refractivity contribution in [1.29, 1.82) is 0 Å². The molecule has 2 aliphatic heterocycles. The normalized spacial score (nSPS) is 23.3. The molecule has 4 rings (SSSR count). The van der Waals surface area contributed by atoms with E-state index in [4.69, 9.17) is 4.74 Å². The maximum absolute atomic E-state index is 13.2. The van der Waals surface area contributed by atoms with E-state index in [0.717, 1.165) is 31.5 Å². The summed E-state index contributed by atoms with van der Waals surface area (Å²) < 4.78 is 7.02. The Bertz CT molecular complexity index is 769. The highest BCUT2D eigenvalue weighted by molar-refractivity contribution is 5.80. The summed E-state index contributed by atoms with van der Waals surface area (Å²) in [5, 5.41) is 8.54. The molecule has 0 radical (unpaired) electrons. The van der Waals surface area contributed by atoms with Crippen molar-refractivity contribution in [3.8, 4) is 0 Å². The maximum atomic E-state index is 13.2. The van der Waals surface area contributed by atoms with Crippen molar-refractivity contribution in [3.63, 3.8) is 0 Å². The Morgan fingerprint density at radius 2 is 2.04 bits per heavy atom. The highest BCUT2D eigenvalue weighted by Crippen LogP contribution is 2.33. The third kappa shape index (κ3) is 3.03. The van der Waals surface area contributed by atoms with Crippen LogP contribution in [0.1, 0.15) is 56.5 Å². The fourth-order valence-electron chi connectivity index (χ4n) is 3.87. The predicted molar refractivity (Wildman–Crippen MR) is 97.7 cm³/mol. The van der Waals surface area contributed by atoms with E-state index in [1.807, 2.05) is 36.2 Å². The highest BCUT2D eigenvalue weighted by Gasteiger charge is 2.39. The first-order valence-electron chi connectivity index (χ1n) is 9.44. The molecule has 1 aromatic heterocycles. The van der Waals surface area contributed by atoms with E-state index >= 15 is 0 Å². The molecule has 138 valence electrons. The van der Waals surface area contributed by atoms with Crippen molar-refractivity contribution in [2.45, 2.75) is 50.6 Å². The van der Waals surface area contributed by atoms with Gasteiger partial charge in [-0.3, -0.25) is 4.79 Å². The number of rotatable bonds is 4. The number of hydrogen-bond acceptors (Lipinski definition) is 4. The van der Waals surface area contributed by atoms with Gasteiger partial charge in [-0.1, -0.05) is 35.5 Å². The molecule has 0 saturated carbocycles. The van der Waals surface area contributed by atoms with Gasteiger partial charge in [-0.05, 0) is 38.7 Å². The maximum Gasteiger partial charge on any atom is 0.247 e. The number of aromatic nitrogens is 3. The summed E-state index contributed by atoms with van der Waals surface area (Å²) >= 11 is 0. The smallest absolute Gasteiger partial charge is 0.247 e. The van der Waals surface area contributed by atoms with Crippen LogP contribution < -0.4 is 0 Å². The van der Waals surface area contributed by atoms with Gasteiger partial charge in [0.2, 0.25) is 5.91 Å². The Hall–Kier alpha value is -2.21. The Morgan fingerprint density at radius 1 is 1.27 bits per heavy atom. The van der Waals surface area contributed by atoms with Gasteiger partial charge in [0.05, 0.1) is 36.6 Å². The van der Waals surface area contributed by atoms with Crippen molar-refractivity contribution in [3.05, 3.63) is 47.8 Å². The minimum Gasteiger partial charge on any atom is -0.379 e. The van der Waals surface area contributed by atoms with Crippen molar-refractivity contribution < 1.29 is 9.53 Å². The van der Waals surface area contributed by atoms with Crippen molar-refractivity contribution in [2.24, 2.45) is 0 Å². The second-order valence-electron chi connectivity index (χ2n) is 7.77. The zero-order valence-electron chi connectivity index (χ0n) is 15.5. The van der Waals surface area contributed by atoms with Crippen LogP contribution in [0.4, 0.5) is 0 Å². The molecular weight excluding hydrogens is 328 g/mol. The second-order valence-corrected chi connectivity index (χ2v) is 7.77. The number of benzene rings is 1. The average molecular weight is 354 g/mol. The summed E-state index contributed by atoms with van der Waals surface area (Å²) in [5.41, 5.74) is 2.05. The third-order valence-electron chi connectivity index (χ3n) is 5.69. The quantitative estimate of drug-likeness (QED) is 0.847. The number of nitrogens with zero attached hydrogens (tertiary/aromatic N) is 4. The SMILES string of the molecule is CC(C(=O)N1CCCCC1c1ccccc1)n1cc(C2(C)COC2)nn1. The molecule has 2 fully saturated rings. The molecule has 6 nitrogen and oxygen atoms in total. The number of ether oxygens (including phenoxy) is 1. The number of hydrogen-bond donors (Lipinski definition) is 0. The molecule has 2 unspecified atom stereocenters. The van der Waals surface area contributed by atoms with Crippen LogP contribution in [0.3, 0.4) is 0 Å². The van der Waals surface area contributed by atoms with Crippen LogP contribution in [-0.2, 0) is 14.9 Å². The van der Waals surface area contributed by atoms with Gasteiger partial charge in [-0.25, -0.2) is 4.68 Å². The summed E-state index contributed by atoms with van der Waals surface area (Å²) in [4.78, 5) is 15.3. The van der Waals surface area contributed by atoms with Crippen LogP contribution in [0.15, 0.2) is 36.5 Å². The molecule has 2 aliphatic rings. The molecule has 0 aliphatic carbocycles. The number of carbonyl (C=O) groups excluding carboxylic acids is 1. The summed E-state index contributed by atoms with van der Waals surface area (Å²) in [6.07, 6.45) is 5.14. The lowest BCUT2D eigenvalue weighted by Gasteiger charge is -2.37. The summed E-state index contributed by atoms with van der Waals surface area (Å²) in [7, 11) is 0. The van der Waals surface area contributed by atoms with Gasteiger partial charge >= 0.3 is 0 Å². The Kier molecular flexibility index (Phi) is 4.53. The van der Waals surface area contributed by atoms with Crippen molar-refractivity contribution in [1.82, 2.24) is 19.9 Å². The zero-order chi connectivity index (χ0) is 18.1. The van der Waals surface area contributed by atoms with Gasteiger partial charge in [0.15, 0.2) is 0 Å². The lowest BCUT2D eigenvalue weighted by Crippen LogP contribution is -2.44. The average Bonchev–Trinajstić information content (AvgIpc) is 3.16. The monoisotopic (exact) mass is 354 g/mol. The zero-order valence-corrected chi connectivity index (χ0v) is 15.5. The fraction of sp³-hybridized carbons (Fsp3) is 0.550. The molecule has 1 aromatic carbocycles. The van der Waals surface area contributed by atoms with Gasteiger partial charge < -0.3 is 9.64 Å². The van der Waals surface area contributed by atoms with E-state index < -0.39 is 0 Å². The minimum absolute atomic E-state index is 0.0707. The molecule has 2 aromatic rings. The molecule has 26 heavy (non-hydrogen) atoms. The summed E-state index contributed by atoms with van der Waals surface area (Å²) in [6, 6.07) is 10.1. The van der Waals surface area contributed by atoms with Crippen LogP contribution in [0.5, 0.6) is 0 Å². The molecule has 2 saturated heterocycles. The van der Waals surface area contributed by atoms with Crippen LogP contribution in [0, 0.1) is 0 Å². The molecule has 6 heteroatoms. The number of carbonyl (C=O) groups is 1. The Morgan fingerprint density at radius 3 is 2.73 bits per heavy atom. The molecule has 0 spiro atoms. The third-order valence-corrected chi connectivity index (χ3v) is 5.69. The number of likely N-dealkylation sites (tertiary alicyclic amines) is 1. The first-order chi connectivity index (χ1) is 12.6. The van der Waals surface area contributed by atoms with Gasteiger partial charge in [0, 0.05) is 6.54 Å². The van der Waals surface area contributed by atoms with Gasteiger partial charge in [-0.15, -0.1) is 5.10 Å². The minimum atomic E-state index is -0.356. The van der Waals surface area contributed by atoms with Crippen molar-refractivity contribution >= 4 is 5.91 Å². The van der Waals surface area contributed by atoms with E-state index in [1.54, 1.807) is 4.68 Å². The molecule has 3 heterocycles. The summed E-state index contributed by atoms with van der Waals surface area (Å²) in [5.74, 6) is 0.116. The van der Waals surface area contributed by atoms with E-state index in [9.17, 15) is 4.79 Å². The predicted octanol–water partition coefficient (Wildman–Crippen LogP) is 2.88. The van der Waals surface area contributed by atoms with Gasteiger partial charge in [0.1, 0.15) is 6.04 Å². The van der Waals surface area contributed by atoms with Gasteiger partial charge in [-0.2, -0.15) is 0 Å². The first kappa shape index (κ1) is 17.2. The Balaban J connectivity index is 1.53. The number of piperidine rings is 1. The van der Waals surface area contributed by atoms with Crippen LogP contribution in [-0.4, -0.2) is 45.6 Å². The van der Waals surface area contributed by atoms with Crippen LogP contribution in [0.2, 0.25) is 0 Å². The molecule has 1 amide bonds. The molecule has 0 N–H and O–H groups in total. The molecule has 2 atom stereocenters. The molecular formula is C20H26N4O2. The van der Waals surface area contributed by atoms with E-state index in [0.29, 0.717) is 13.2 Å². The van der Waals surface area contributed by atoms with Crippen molar-refractivity contribution in [2.75, 3.05) is 19.8 Å². The van der Waals surface area contributed by atoms with E-state index in [1.165, 1.54) is 5.56 Å². The number of amides is 1. The lowest BCUT2D eigenvalue weighted by molar-refractivity contribution is -0.138. The van der Waals surface area contributed by atoms with Gasteiger partial charge in [0.25, 0.3) is 0 Å².